The van der Waals surface area contributed by atoms with Crippen LogP contribution in [0.3, 0.4) is 0 Å². The number of benzene rings is 2. The molecule has 2 heterocycles. The van der Waals surface area contributed by atoms with Gasteiger partial charge < -0.3 is 18.9 Å². The standard InChI is InChI=1S/C22H26O4/c1-21(11-23-12-21)15-25-19-10-6-9-18(17-7-4-3-5-8-17)20(19)26-16-22(2)13-24-14-22/h3-10H,11-16H2,1-2H3. The second kappa shape index (κ2) is 6.93. The van der Waals surface area contributed by atoms with Crippen LogP contribution in [-0.2, 0) is 9.47 Å². The van der Waals surface area contributed by atoms with Gasteiger partial charge in [0, 0.05) is 16.4 Å². The Balaban J connectivity index is 1.60. The van der Waals surface area contributed by atoms with Gasteiger partial charge in [-0.1, -0.05) is 56.3 Å². The van der Waals surface area contributed by atoms with Crippen molar-refractivity contribution in [2.75, 3.05) is 39.6 Å². The molecule has 4 rings (SSSR count). The second-order valence-corrected chi connectivity index (χ2v) is 8.18. The molecule has 0 spiro atoms. The lowest BCUT2D eigenvalue weighted by molar-refractivity contribution is -0.123. The van der Waals surface area contributed by atoms with Crippen molar-refractivity contribution in [2.45, 2.75) is 13.8 Å². The van der Waals surface area contributed by atoms with Crippen LogP contribution >= 0.6 is 0 Å². The summed E-state index contributed by atoms with van der Waals surface area (Å²) in [6, 6.07) is 16.4. The second-order valence-electron chi connectivity index (χ2n) is 8.18. The summed E-state index contributed by atoms with van der Waals surface area (Å²) < 4.78 is 23.2. The molecule has 0 atom stereocenters. The van der Waals surface area contributed by atoms with Gasteiger partial charge in [0.25, 0.3) is 0 Å². The zero-order valence-electron chi connectivity index (χ0n) is 15.5. The fourth-order valence-corrected chi connectivity index (χ4v) is 3.19. The van der Waals surface area contributed by atoms with Crippen molar-refractivity contribution in [1.82, 2.24) is 0 Å². The van der Waals surface area contributed by atoms with Crippen LogP contribution in [0.1, 0.15) is 13.8 Å². The maximum Gasteiger partial charge on any atom is 0.168 e. The maximum atomic E-state index is 6.31. The SMILES string of the molecule is CC1(COc2cccc(-c3ccccc3)c2OCC2(C)COC2)COC1. The first-order valence-electron chi connectivity index (χ1n) is 9.17. The molecule has 2 aromatic rings. The summed E-state index contributed by atoms with van der Waals surface area (Å²) in [6.45, 7) is 8.60. The number of rotatable bonds is 7. The Labute approximate surface area is 155 Å². The molecule has 0 aromatic heterocycles. The lowest BCUT2D eigenvalue weighted by Crippen LogP contribution is -2.45. The topological polar surface area (TPSA) is 36.9 Å². The third kappa shape index (κ3) is 3.57. The minimum atomic E-state index is 0.0782. The largest absolute Gasteiger partial charge is 0.489 e. The van der Waals surface area contributed by atoms with E-state index in [9.17, 15) is 0 Å². The molecule has 0 N–H and O–H groups in total. The van der Waals surface area contributed by atoms with Gasteiger partial charge in [-0.15, -0.1) is 0 Å². The van der Waals surface area contributed by atoms with Crippen molar-refractivity contribution in [3.63, 3.8) is 0 Å². The Morgan fingerprint density at radius 2 is 1.38 bits per heavy atom. The van der Waals surface area contributed by atoms with Gasteiger partial charge in [0.15, 0.2) is 11.5 Å². The predicted octanol–water partition coefficient (Wildman–Crippen LogP) is 4.18. The van der Waals surface area contributed by atoms with Gasteiger partial charge in [0.1, 0.15) is 0 Å². The van der Waals surface area contributed by atoms with Crippen LogP contribution in [0.4, 0.5) is 0 Å². The third-order valence-electron chi connectivity index (χ3n) is 5.01. The first kappa shape index (κ1) is 17.4. The van der Waals surface area contributed by atoms with E-state index < -0.39 is 0 Å². The molecule has 4 nitrogen and oxygen atoms in total. The fourth-order valence-electron chi connectivity index (χ4n) is 3.19. The summed E-state index contributed by atoms with van der Waals surface area (Å²) in [7, 11) is 0. The molecule has 0 bridgehead atoms. The normalized spacial score (nSPS) is 19.9. The lowest BCUT2D eigenvalue weighted by atomic mass is 9.90. The molecule has 4 heteroatoms. The smallest absolute Gasteiger partial charge is 0.168 e. The number of hydrogen-bond donors (Lipinski definition) is 0. The zero-order valence-corrected chi connectivity index (χ0v) is 15.5. The zero-order chi connectivity index (χ0) is 18.0. The Kier molecular flexibility index (Phi) is 4.63. The molecule has 0 amide bonds. The van der Waals surface area contributed by atoms with Gasteiger partial charge in [-0.2, -0.15) is 0 Å². The van der Waals surface area contributed by atoms with E-state index in [1.165, 1.54) is 0 Å². The maximum absolute atomic E-state index is 6.31. The first-order valence-corrected chi connectivity index (χ1v) is 9.17. The highest BCUT2D eigenvalue weighted by Gasteiger charge is 2.36. The van der Waals surface area contributed by atoms with Crippen LogP contribution < -0.4 is 9.47 Å². The predicted molar refractivity (Wildman–Crippen MR) is 101 cm³/mol. The number of hydrogen-bond acceptors (Lipinski definition) is 4. The Morgan fingerprint density at radius 1 is 0.769 bits per heavy atom. The Hall–Kier alpha value is -2.04. The number of para-hydroxylation sites is 1. The Morgan fingerprint density at radius 3 is 1.96 bits per heavy atom. The van der Waals surface area contributed by atoms with Gasteiger partial charge in [-0.05, 0) is 11.6 Å². The van der Waals surface area contributed by atoms with E-state index in [1.807, 2.05) is 30.3 Å². The summed E-state index contributed by atoms with van der Waals surface area (Å²) in [5.74, 6) is 1.61. The molecule has 2 fully saturated rings. The van der Waals surface area contributed by atoms with Crippen molar-refractivity contribution in [1.29, 1.82) is 0 Å². The molecule has 0 aliphatic carbocycles. The first-order chi connectivity index (χ1) is 12.6. The van der Waals surface area contributed by atoms with E-state index in [0.717, 1.165) is 49.1 Å². The van der Waals surface area contributed by atoms with Crippen molar-refractivity contribution >= 4 is 0 Å². The van der Waals surface area contributed by atoms with E-state index in [2.05, 4.69) is 32.0 Å². The van der Waals surface area contributed by atoms with Crippen molar-refractivity contribution in [2.24, 2.45) is 10.8 Å². The molecule has 26 heavy (non-hydrogen) atoms. The third-order valence-corrected chi connectivity index (χ3v) is 5.01. The average molecular weight is 354 g/mol. The van der Waals surface area contributed by atoms with Crippen LogP contribution in [-0.4, -0.2) is 39.6 Å². The van der Waals surface area contributed by atoms with E-state index >= 15 is 0 Å². The number of ether oxygens (including phenoxy) is 4. The minimum Gasteiger partial charge on any atom is -0.489 e. The van der Waals surface area contributed by atoms with Crippen molar-refractivity contribution < 1.29 is 18.9 Å². The van der Waals surface area contributed by atoms with Gasteiger partial charge in [-0.3, -0.25) is 0 Å². The highest BCUT2D eigenvalue weighted by molar-refractivity contribution is 5.73. The summed E-state index contributed by atoms with van der Waals surface area (Å²) in [5, 5.41) is 0. The molecule has 0 unspecified atom stereocenters. The van der Waals surface area contributed by atoms with Gasteiger partial charge >= 0.3 is 0 Å². The molecular formula is C22H26O4. The minimum absolute atomic E-state index is 0.0782. The van der Waals surface area contributed by atoms with Crippen molar-refractivity contribution in [3.05, 3.63) is 48.5 Å². The quantitative estimate of drug-likeness (QED) is 0.747. The van der Waals surface area contributed by atoms with E-state index in [1.54, 1.807) is 0 Å². The molecule has 2 aliphatic heterocycles. The summed E-state index contributed by atoms with van der Waals surface area (Å²) in [4.78, 5) is 0. The molecule has 2 aliphatic rings. The van der Waals surface area contributed by atoms with E-state index in [0.29, 0.717) is 13.2 Å². The average Bonchev–Trinajstić information content (AvgIpc) is 2.62. The molecule has 138 valence electrons. The Bertz CT molecular complexity index is 748. The molecular weight excluding hydrogens is 328 g/mol. The van der Waals surface area contributed by atoms with Crippen LogP contribution in [0, 0.1) is 10.8 Å². The van der Waals surface area contributed by atoms with Gasteiger partial charge in [0.2, 0.25) is 0 Å². The summed E-state index contributed by atoms with van der Waals surface area (Å²) in [6.07, 6.45) is 0. The summed E-state index contributed by atoms with van der Waals surface area (Å²) in [5.41, 5.74) is 2.35. The van der Waals surface area contributed by atoms with Gasteiger partial charge in [-0.25, -0.2) is 0 Å². The lowest BCUT2D eigenvalue weighted by Gasteiger charge is -2.38. The van der Waals surface area contributed by atoms with Crippen LogP contribution in [0.25, 0.3) is 11.1 Å². The van der Waals surface area contributed by atoms with Gasteiger partial charge in [0.05, 0.1) is 39.6 Å². The van der Waals surface area contributed by atoms with Crippen LogP contribution in [0.5, 0.6) is 11.5 Å². The van der Waals surface area contributed by atoms with E-state index in [-0.39, 0.29) is 10.8 Å². The van der Waals surface area contributed by atoms with E-state index in [4.69, 9.17) is 18.9 Å². The van der Waals surface area contributed by atoms with Crippen molar-refractivity contribution in [3.8, 4) is 22.6 Å². The molecule has 0 radical (unpaired) electrons. The highest BCUT2D eigenvalue weighted by Crippen LogP contribution is 2.41. The monoisotopic (exact) mass is 354 g/mol. The molecule has 0 saturated carbocycles. The summed E-state index contributed by atoms with van der Waals surface area (Å²) >= 11 is 0. The molecule has 2 saturated heterocycles. The highest BCUT2D eigenvalue weighted by atomic mass is 16.5. The van der Waals surface area contributed by atoms with Crippen LogP contribution in [0.15, 0.2) is 48.5 Å². The molecule has 2 aromatic carbocycles. The fraction of sp³-hybridized carbons (Fsp3) is 0.455. The van der Waals surface area contributed by atoms with Crippen LogP contribution in [0.2, 0.25) is 0 Å².